The van der Waals surface area contributed by atoms with E-state index >= 15 is 0 Å². The Morgan fingerprint density at radius 3 is 1.33 bits per heavy atom. The number of primary amides is 1. The standard InChI is InChI=1S/C66H113N19O19/c1-9-33(5)51(62(100)80-43(26-32(3)4)57(95)82-47(31-86)65(103)104)83-54(92)40(20-13-15-23-67)75-59(97)45(28-48(69)89)79-58(96)44(27-37-30-74-39-19-12-11-18-38(37)39)78-60(98)46(29-49(90)91)81-63(101)52(34(6)10-2)84-55(93)41(21-14-16-24-68)77-64(102)53(36(8)88)85-56(94)42(22-17-25-73-66(71)72)76-61(99)50(70)35(7)87/h11-12,18-19,30,32-36,40-47,50-53,66,73-74,86-88H,9-10,13-17,20-29,31,67-68,70-72H2,1-8H3,(H2,69,89)(H,75,97)(H,76,99)(H,77,102)(H,78,98)(H,79,96)(H,80,100)(H,81,101)(H,82,95)(H,83,92)(H,84,93)(H,85,94)(H,90,91)(H,103,104)/t33-,34-,35+,36+,40-,41-,42-,43-,44-,45-,46-,47-,50-,51-,52-,53-/m0/s1. The number of nitrogens with two attached hydrogens (primary N) is 6. The summed E-state index contributed by atoms with van der Waals surface area (Å²) in [6.07, 6.45) is -3.51. The summed E-state index contributed by atoms with van der Waals surface area (Å²) in [5.41, 5.74) is 35.1. The Balaban J connectivity index is 2.64. The minimum Gasteiger partial charge on any atom is -0.481 e. The van der Waals surface area contributed by atoms with Gasteiger partial charge in [0.15, 0.2) is 0 Å². The molecule has 0 aliphatic heterocycles. The number of amides is 12. The number of hydrogen-bond acceptors (Lipinski definition) is 23. The van der Waals surface area contributed by atoms with Crippen LogP contribution in [-0.4, -0.2) is 231 Å². The molecule has 38 heteroatoms. The van der Waals surface area contributed by atoms with E-state index < -0.39 is 212 Å². The van der Waals surface area contributed by atoms with Crippen molar-refractivity contribution in [3.05, 3.63) is 36.0 Å². The van der Waals surface area contributed by atoms with Crippen LogP contribution < -0.4 is 98.2 Å². The number of para-hydroxylation sites is 1. The van der Waals surface area contributed by atoms with Crippen LogP contribution in [0.15, 0.2) is 30.5 Å². The molecule has 104 heavy (non-hydrogen) atoms. The number of aliphatic hydroxyl groups excluding tert-OH is 3. The molecule has 30 N–H and O–H groups in total. The predicted molar refractivity (Wildman–Crippen MR) is 379 cm³/mol. The summed E-state index contributed by atoms with van der Waals surface area (Å²) in [6.45, 7) is 11.9. The molecule has 2 rings (SSSR count). The molecule has 0 aliphatic carbocycles. The molecule has 0 radical (unpaired) electrons. The third kappa shape index (κ3) is 31.5. The average Bonchev–Trinajstić information content (AvgIpc) is 1.54. The Morgan fingerprint density at radius 1 is 0.471 bits per heavy atom. The van der Waals surface area contributed by atoms with E-state index in [1.165, 1.54) is 20.0 Å². The lowest BCUT2D eigenvalue weighted by atomic mass is 9.96. The largest absolute Gasteiger partial charge is 0.481 e. The van der Waals surface area contributed by atoms with Crippen LogP contribution in [0.5, 0.6) is 0 Å². The zero-order chi connectivity index (χ0) is 78.7. The van der Waals surface area contributed by atoms with Gasteiger partial charge in [-0.3, -0.25) is 67.6 Å². The fourth-order valence-electron chi connectivity index (χ4n) is 10.7. The van der Waals surface area contributed by atoms with Crippen molar-refractivity contribution in [1.82, 2.24) is 68.8 Å². The highest BCUT2D eigenvalue weighted by Gasteiger charge is 2.40. The van der Waals surface area contributed by atoms with Crippen molar-refractivity contribution in [2.45, 2.75) is 236 Å². The lowest BCUT2D eigenvalue weighted by Crippen LogP contribution is -2.62. The minimum absolute atomic E-state index is 0.00370. The van der Waals surface area contributed by atoms with E-state index in [0.717, 1.165) is 6.92 Å². The lowest BCUT2D eigenvalue weighted by Gasteiger charge is -2.30. The van der Waals surface area contributed by atoms with Gasteiger partial charge in [0.1, 0.15) is 78.8 Å². The Labute approximate surface area is 603 Å². The summed E-state index contributed by atoms with van der Waals surface area (Å²) in [5, 5.41) is 80.5. The first-order valence-corrected chi connectivity index (χ1v) is 34.9. The van der Waals surface area contributed by atoms with Crippen LogP contribution in [0.1, 0.15) is 144 Å². The third-order valence-electron chi connectivity index (χ3n) is 17.2. The molecule has 1 aromatic heterocycles. The fraction of sp³-hybridized carbons (Fsp3) is 0.667. The summed E-state index contributed by atoms with van der Waals surface area (Å²) in [5.74, 6) is -17.4. The van der Waals surface area contributed by atoms with Crippen LogP contribution in [0.2, 0.25) is 0 Å². The second-order valence-corrected chi connectivity index (χ2v) is 26.4. The number of aromatic nitrogens is 1. The number of H-pyrrole nitrogens is 1. The first kappa shape index (κ1) is 91.1. The number of carboxylic acids is 2. The van der Waals surface area contributed by atoms with Crippen molar-refractivity contribution < 1.29 is 92.7 Å². The number of carbonyl (C=O) groups excluding carboxylic acids is 12. The van der Waals surface area contributed by atoms with Crippen molar-refractivity contribution in [2.24, 2.45) is 52.2 Å². The SMILES string of the molecule is CC[C@H](C)[C@H](NC(=O)[C@H](CCCCN)NC(=O)[C@H](CC(N)=O)NC(=O)[C@H](Cc1c[nH]c2ccccc12)NC(=O)[C@H](CC(=O)O)NC(=O)[C@@H](NC(=O)[C@H](CCCCN)NC(=O)[C@@H](NC(=O)[C@H](CCCNC(N)N)NC(=O)[C@@H](N)[C@@H](C)O)[C@@H](C)O)[C@@H](C)CC)C(=O)N[C@@H](CC(C)C)C(=O)N[C@@H](CO)C(=O)O. The Hall–Kier alpha value is -9.02. The van der Waals surface area contributed by atoms with E-state index in [-0.39, 0.29) is 83.3 Å². The molecule has 0 bridgehead atoms. The Morgan fingerprint density at radius 2 is 0.875 bits per heavy atom. The van der Waals surface area contributed by atoms with Crippen molar-refractivity contribution in [2.75, 3.05) is 26.2 Å². The maximum absolute atomic E-state index is 14.8. The Bertz CT molecular complexity index is 3170. The highest BCUT2D eigenvalue weighted by molar-refractivity contribution is 6.01. The van der Waals surface area contributed by atoms with Gasteiger partial charge in [0.25, 0.3) is 0 Å². The van der Waals surface area contributed by atoms with Crippen LogP contribution >= 0.6 is 0 Å². The van der Waals surface area contributed by atoms with Crippen LogP contribution in [0, 0.1) is 17.8 Å². The van der Waals surface area contributed by atoms with Crippen molar-refractivity contribution in [3.8, 4) is 0 Å². The summed E-state index contributed by atoms with van der Waals surface area (Å²) in [6, 6.07) is -12.7. The minimum atomic E-state index is -2.03. The smallest absolute Gasteiger partial charge is 0.328 e. The molecule has 38 nitrogen and oxygen atoms in total. The number of carboxylic acid groups (broad SMARTS) is 2. The molecule has 0 saturated heterocycles. The number of carbonyl (C=O) groups is 14. The predicted octanol–water partition coefficient (Wildman–Crippen LogP) is -6.47. The summed E-state index contributed by atoms with van der Waals surface area (Å²) < 4.78 is 0. The maximum atomic E-state index is 14.8. The number of aromatic amines is 1. The molecular weight excluding hydrogens is 1360 g/mol. The number of unbranched alkanes of at least 4 members (excludes halogenated alkanes) is 2. The number of aliphatic hydroxyl groups is 3. The van der Waals surface area contributed by atoms with Gasteiger partial charge >= 0.3 is 11.9 Å². The zero-order valence-electron chi connectivity index (χ0n) is 60.4. The summed E-state index contributed by atoms with van der Waals surface area (Å²) in [4.78, 5) is 196. The van der Waals surface area contributed by atoms with E-state index in [0.29, 0.717) is 29.3 Å². The van der Waals surface area contributed by atoms with E-state index in [4.69, 9.17) is 34.4 Å². The molecule has 1 aromatic carbocycles. The van der Waals surface area contributed by atoms with E-state index in [1.807, 2.05) is 0 Å². The number of nitrogens with one attached hydrogen (secondary N) is 13. The number of benzene rings is 1. The van der Waals surface area contributed by atoms with Gasteiger partial charge in [0.05, 0.1) is 31.7 Å². The molecule has 0 unspecified atom stereocenters. The van der Waals surface area contributed by atoms with Crippen LogP contribution in [-0.2, 0) is 73.5 Å². The van der Waals surface area contributed by atoms with E-state index in [2.05, 4.69) is 68.8 Å². The molecule has 0 aliphatic rings. The first-order valence-electron chi connectivity index (χ1n) is 34.9. The zero-order valence-corrected chi connectivity index (χ0v) is 60.4. The highest BCUT2D eigenvalue weighted by atomic mass is 16.4. The first-order chi connectivity index (χ1) is 48.9. The number of rotatable bonds is 51. The van der Waals surface area contributed by atoms with E-state index in [1.54, 1.807) is 58.9 Å². The van der Waals surface area contributed by atoms with Gasteiger partial charge in [-0.1, -0.05) is 72.6 Å². The highest BCUT2D eigenvalue weighted by Crippen LogP contribution is 2.21. The van der Waals surface area contributed by atoms with Crippen molar-refractivity contribution in [1.29, 1.82) is 0 Å². The molecule has 586 valence electrons. The molecule has 0 fully saturated rings. The van der Waals surface area contributed by atoms with Gasteiger partial charge in [0, 0.05) is 23.5 Å². The van der Waals surface area contributed by atoms with Crippen LogP contribution in [0.25, 0.3) is 10.9 Å². The van der Waals surface area contributed by atoms with Gasteiger partial charge in [-0.15, -0.1) is 0 Å². The molecule has 2 aromatic rings. The molecular formula is C66H113N19O19. The van der Waals surface area contributed by atoms with Gasteiger partial charge < -0.3 is 123 Å². The van der Waals surface area contributed by atoms with Gasteiger partial charge in [0.2, 0.25) is 70.9 Å². The van der Waals surface area contributed by atoms with Gasteiger partial charge in [-0.25, -0.2) is 4.79 Å². The maximum Gasteiger partial charge on any atom is 0.328 e. The molecule has 1 heterocycles. The van der Waals surface area contributed by atoms with Gasteiger partial charge in [-0.05, 0) is 121 Å². The topological polar surface area (TPSA) is 656 Å². The van der Waals surface area contributed by atoms with Gasteiger partial charge in [-0.2, -0.15) is 0 Å². The summed E-state index contributed by atoms with van der Waals surface area (Å²) >= 11 is 0. The second kappa shape index (κ2) is 46.6. The van der Waals surface area contributed by atoms with Crippen LogP contribution in [0.3, 0.4) is 0 Å². The van der Waals surface area contributed by atoms with Crippen molar-refractivity contribution >= 4 is 93.7 Å². The Kier molecular flexibility index (Phi) is 40.8. The molecule has 16 atom stereocenters. The van der Waals surface area contributed by atoms with Crippen LogP contribution in [0.4, 0.5) is 0 Å². The number of hydrogen-bond donors (Lipinski definition) is 24. The molecule has 12 amide bonds. The second-order valence-electron chi connectivity index (χ2n) is 26.4. The quantitative estimate of drug-likeness (QED) is 0.0216. The average molecular weight is 1480 g/mol. The third-order valence-corrected chi connectivity index (χ3v) is 17.2. The monoisotopic (exact) mass is 1480 g/mol. The number of aliphatic carboxylic acids is 2. The lowest BCUT2D eigenvalue weighted by molar-refractivity contribution is -0.143. The number of fused-ring (bicyclic) bond motifs is 1. The van der Waals surface area contributed by atoms with E-state index in [9.17, 15) is 92.7 Å². The normalized spacial score (nSPS) is 16.1. The van der Waals surface area contributed by atoms with Crippen molar-refractivity contribution in [3.63, 3.8) is 0 Å². The molecule has 0 spiro atoms. The molecule has 0 saturated carbocycles. The fourth-order valence-corrected chi connectivity index (χ4v) is 10.7. The summed E-state index contributed by atoms with van der Waals surface area (Å²) in [7, 11) is 0.